The summed E-state index contributed by atoms with van der Waals surface area (Å²) in [4.78, 5) is 52.5. The number of ether oxygens (including phenoxy) is 4. The van der Waals surface area contributed by atoms with Crippen LogP contribution in [-0.4, -0.2) is 80.5 Å². The lowest BCUT2D eigenvalue weighted by atomic mass is 9.85. The highest BCUT2D eigenvalue weighted by Crippen LogP contribution is 2.29. The number of primary amides is 1. The summed E-state index contributed by atoms with van der Waals surface area (Å²) in [6, 6.07) is 13.7. The van der Waals surface area contributed by atoms with Gasteiger partial charge in [-0.15, -0.1) is 0 Å². The summed E-state index contributed by atoms with van der Waals surface area (Å²) in [5.41, 5.74) is 6.39. The van der Waals surface area contributed by atoms with E-state index in [4.69, 9.17) is 24.7 Å². The Morgan fingerprint density at radius 1 is 1.04 bits per heavy atom. The van der Waals surface area contributed by atoms with E-state index in [1.807, 2.05) is 49.4 Å². The first kappa shape index (κ1) is 39.7. The molecular formula is C40H49N3O9. The molecule has 2 amide bonds. The first-order valence-electron chi connectivity index (χ1n) is 17.3. The highest BCUT2D eigenvalue weighted by molar-refractivity contribution is 6.23. The summed E-state index contributed by atoms with van der Waals surface area (Å²) < 4.78 is 22.7. The van der Waals surface area contributed by atoms with E-state index < -0.39 is 53.9 Å². The number of benzene rings is 2. The summed E-state index contributed by atoms with van der Waals surface area (Å²) in [5.74, 6) is -1.59. The first-order valence-corrected chi connectivity index (χ1v) is 17.3. The Balaban J connectivity index is 1.63. The molecule has 4 rings (SSSR count). The van der Waals surface area contributed by atoms with Gasteiger partial charge in [0.05, 0.1) is 23.6 Å². The van der Waals surface area contributed by atoms with Gasteiger partial charge in [-0.25, -0.2) is 4.79 Å². The molecule has 2 aliphatic rings. The van der Waals surface area contributed by atoms with Gasteiger partial charge in [-0.2, -0.15) is 0 Å². The minimum absolute atomic E-state index is 0.130. The molecule has 0 radical (unpaired) electrons. The third kappa shape index (κ3) is 10.3. The number of hydrogen-bond acceptors (Lipinski definition) is 10. The van der Waals surface area contributed by atoms with Crippen LogP contribution in [-0.2, 0) is 28.6 Å². The molecule has 0 aromatic heterocycles. The number of methoxy groups -OCH3 is 2. The molecule has 52 heavy (non-hydrogen) atoms. The van der Waals surface area contributed by atoms with Crippen LogP contribution in [0.15, 0.2) is 101 Å². The van der Waals surface area contributed by atoms with Crippen molar-refractivity contribution in [1.29, 1.82) is 0 Å². The third-order valence-electron chi connectivity index (χ3n) is 9.19. The number of nitrogens with one attached hydrogen (secondary N) is 2. The lowest BCUT2D eigenvalue weighted by Gasteiger charge is -2.30. The Labute approximate surface area is 304 Å². The third-order valence-corrected chi connectivity index (χ3v) is 9.19. The number of Topliss-reactive ketones (excluding diaryl/α,β-unsaturated/α-hetero) is 1. The normalized spacial score (nSPS) is 27.8. The van der Waals surface area contributed by atoms with E-state index in [1.54, 1.807) is 39.0 Å². The van der Waals surface area contributed by atoms with Gasteiger partial charge in [-0.1, -0.05) is 68.5 Å². The summed E-state index contributed by atoms with van der Waals surface area (Å²) in [5, 5.41) is 19.2. The van der Waals surface area contributed by atoms with Gasteiger partial charge < -0.3 is 40.4 Å². The van der Waals surface area contributed by atoms with Crippen LogP contribution in [0, 0.1) is 11.8 Å². The second-order valence-electron chi connectivity index (χ2n) is 13.2. The standard InChI is InChI=1S/C40H49N3O9/c1-23-18-30-35(42-16-17-51-29-15-14-27-11-7-8-12-28(27)21-29)32(44)22-31(37(30)46)43-39(47)24(2)10-9-13-33(49-5)38(52-40(41)48)26(4)20-25(3)36(45)34(19-23)50-6/h7-15,20-23,25,33-34,36,38,42,45H,16-19H2,1-6H3,(H2,41,48)(H,43,47)/b13-9-,24-10+,26-20+/t23-,25+,33+,34+,36-,38+/m1/s1. The molecule has 1 aliphatic carbocycles. The van der Waals surface area contributed by atoms with Crippen LogP contribution in [0.25, 0.3) is 10.8 Å². The van der Waals surface area contributed by atoms with Gasteiger partial charge >= 0.3 is 6.09 Å². The molecule has 0 fully saturated rings. The molecule has 278 valence electrons. The van der Waals surface area contributed by atoms with Crippen molar-refractivity contribution >= 4 is 34.3 Å². The molecule has 6 atom stereocenters. The molecule has 12 heteroatoms. The van der Waals surface area contributed by atoms with E-state index in [2.05, 4.69) is 10.6 Å². The zero-order valence-electron chi connectivity index (χ0n) is 30.5. The second-order valence-corrected chi connectivity index (χ2v) is 13.2. The van der Waals surface area contributed by atoms with Gasteiger partial charge in [-0.05, 0) is 61.1 Å². The van der Waals surface area contributed by atoms with Gasteiger partial charge in [0, 0.05) is 43.9 Å². The molecule has 0 saturated carbocycles. The van der Waals surface area contributed by atoms with Crippen molar-refractivity contribution in [3.63, 3.8) is 0 Å². The Kier molecular flexibility index (Phi) is 14.1. The fourth-order valence-electron chi connectivity index (χ4n) is 6.38. The summed E-state index contributed by atoms with van der Waals surface area (Å²) in [6.07, 6.45) is 3.65. The fourth-order valence-corrected chi connectivity index (χ4v) is 6.38. The van der Waals surface area contributed by atoms with Crippen molar-refractivity contribution < 1.29 is 43.2 Å². The zero-order chi connectivity index (χ0) is 37.9. The van der Waals surface area contributed by atoms with Crippen molar-refractivity contribution in [1.82, 2.24) is 10.6 Å². The maximum Gasteiger partial charge on any atom is 0.405 e. The quantitative estimate of drug-likeness (QED) is 0.172. The zero-order valence-corrected chi connectivity index (χ0v) is 30.5. The summed E-state index contributed by atoms with van der Waals surface area (Å²) in [7, 11) is 2.93. The Bertz CT molecular complexity index is 1810. The molecule has 2 aromatic rings. The van der Waals surface area contributed by atoms with Gasteiger partial charge in [0.2, 0.25) is 11.6 Å². The van der Waals surface area contributed by atoms with Crippen LogP contribution < -0.4 is 21.1 Å². The van der Waals surface area contributed by atoms with Crippen molar-refractivity contribution in [2.45, 2.75) is 65.0 Å². The minimum atomic E-state index is -1.01. The number of carbonyl (C=O) groups is 4. The highest BCUT2D eigenvalue weighted by atomic mass is 16.6. The first-order chi connectivity index (χ1) is 24.8. The topological polar surface area (TPSA) is 176 Å². The van der Waals surface area contributed by atoms with E-state index in [0.29, 0.717) is 17.7 Å². The SMILES string of the molecule is CO[C@H]1/C=C\C=C(/C)C(=O)NC2=CC(=O)C(NCCOc3ccc4ccccc4c3)=C(C[C@@H](C)C[C@H](OC)[C@H](O)[C@@H](C)/C=C(\C)[C@@H]1OC(N)=O)C2=O. The number of ketones is 2. The Morgan fingerprint density at radius 3 is 2.46 bits per heavy atom. The molecule has 1 heterocycles. The Morgan fingerprint density at radius 2 is 1.77 bits per heavy atom. The number of aliphatic hydroxyl groups excluding tert-OH is 1. The van der Waals surface area contributed by atoms with E-state index in [9.17, 15) is 24.3 Å². The summed E-state index contributed by atoms with van der Waals surface area (Å²) >= 11 is 0. The predicted octanol–water partition coefficient (Wildman–Crippen LogP) is 4.58. The molecule has 2 bridgehead atoms. The average Bonchev–Trinajstić information content (AvgIpc) is 3.11. The predicted molar refractivity (Wildman–Crippen MR) is 197 cm³/mol. The second kappa shape index (κ2) is 18.5. The maximum atomic E-state index is 14.0. The fraction of sp³-hybridized carbons (Fsp3) is 0.400. The number of carbonyl (C=O) groups excluding carboxylic acids is 4. The van der Waals surface area contributed by atoms with Gasteiger partial charge in [-0.3, -0.25) is 14.4 Å². The average molecular weight is 716 g/mol. The van der Waals surface area contributed by atoms with Crippen LogP contribution in [0.5, 0.6) is 5.75 Å². The highest BCUT2D eigenvalue weighted by Gasteiger charge is 2.33. The van der Waals surface area contributed by atoms with E-state index in [-0.39, 0.29) is 48.0 Å². The number of nitrogens with two attached hydrogens (primary N) is 1. The number of hydrogen-bond donors (Lipinski definition) is 4. The van der Waals surface area contributed by atoms with Crippen LogP contribution in [0.4, 0.5) is 4.79 Å². The van der Waals surface area contributed by atoms with Crippen molar-refractivity contribution in [2.24, 2.45) is 17.6 Å². The van der Waals surface area contributed by atoms with Crippen molar-refractivity contribution in [3.8, 4) is 5.75 Å². The Hall–Kier alpha value is -5.04. The monoisotopic (exact) mass is 715 g/mol. The van der Waals surface area contributed by atoms with Gasteiger partial charge in [0.25, 0.3) is 5.91 Å². The molecule has 12 nitrogen and oxygen atoms in total. The number of fused-ring (bicyclic) bond motifs is 3. The number of amides is 2. The van der Waals surface area contributed by atoms with Crippen LogP contribution in [0.1, 0.15) is 40.5 Å². The van der Waals surface area contributed by atoms with Crippen LogP contribution >= 0.6 is 0 Å². The number of aliphatic hydroxyl groups is 1. The van der Waals surface area contributed by atoms with Gasteiger partial charge in [0.1, 0.15) is 18.5 Å². The molecule has 0 unspecified atom stereocenters. The maximum absolute atomic E-state index is 14.0. The number of rotatable bonds is 8. The number of allylic oxidation sites excluding steroid dienone is 4. The van der Waals surface area contributed by atoms with Crippen molar-refractivity contribution in [2.75, 3.05) is 27.4 Å². The van der Waals surface area contributed by atoms with Gasteiger partial charge in [0.15, 0.2) is 6.10 Å². The molecule has 5 N–H and O–H groups in total. The lowest BCUT2D eigenvalue weighted by molar-refractivity contribution is -0.120. The largest absolute Gasteiger partial charge is 0.492 e. The minimum Gasteiger partial charge on any atom is -0.492 e. The molecule has 1 aliphatic heterocycles. The molecule has 0 saturated heterocycles. The molecular weight excluding hydrogens is 666 g/mol. The van der Waals surface area contributed by atoms with E-state index in [1.165, 1.54) is 20.3 Å². The van der Waals surface area contributed by atoms with Crippen molar-refractivity contribution in [3.05, 3.63) is 101 Å². The molecule has 0 spiro atoms. The summed E-state index contributed by atoms with van der Waals surface area (Å²) in [6.45, 7) is 7.44. The smallest absolute Gasteiger partial charge is 0.405 e. The lowest BCUT2D eigenvalue weighted by Crippen LogP contribution is -2.38. The van der Waals surface area contributed by atoms with E-state index >= 15 is 0 Å². The van der Waals surface area contributed by atoms with Crippen LogP contribution in [0.3, 0.4) is 0 Å². The van der Waals surface area contributed by atoms with Crippen LogP contribution in [0.2, 0.25) is 0 Å². The molecule has 2 aromatic carbocycles. The van der Waals surface area contributed by atoms with E-state index in [0.717, 1.165) is 16.8 Å².